The maximum absolute atomic E-state index is 12.8. The molecule has 1 heterocycles. The van der Waals surface area contributed by atoms with Crippen LogP contribution in [-0.4, -0.2) is 51.5 Å². The minimum atomic E-state index is -1.13. The highest BCUT2D eigenvalue weighted by molar-refractivity contribution is 6.46. The topological polar surface area (TPSA) is 124 Å². The molecule has 2 aromatic rings. The number of aromatic hydroxyl groups is 1. The number of carboxylic acid groups (broad SMARTS) is 1. The number of aliphatic hydroxyl groups is 1. The third kappa shape index (κ3) is 3.84. The third-order valence-corrected chi connectivity index (χ3v) is 4.95. The molecule has 8 heteroatoms. The van der Waals surface area contributed by atoms with E-state index in [1.54, 1.807) is 24.3 Å². The lowest BCUT2D eigenvalue weighted by Gasteiger charge is -2.25. The Kier molecular flexibility index (Phi) is 5.77. The van der Waals surface area contributed by atoms with Gasteiger partial charge in [0, 0.05) is 12.1 Å². The van der Waals surface area contributed by atoms with Crippen molar-refractivity contribution < 1.29 is 34.4 Å². The summed E-state index contributed by atoms with van der Waals surface area (Å²) in [6.45, 7) is 1.65. The van der Waals surface area contributed by atoms with Gasteiger partial charge in [0.05, 0.1) is 25.1 Å². The lowest BCUT2D eigenvalue weighted by molar-refractivity contribution is -0.142. The fourth-order valence-corrected chi connectivity index (χ4v) is 3.40. The molecule has 1 aliphatic heterocycles. The van der Waals surface area contributed by atoms with Crippen LogP contribution < -0.4 is 4.74 Å². The highest BCUT2D eigenvalue weighted by atomic mass is 16.5. The lowest BCUT2D eigenvalue weighted by atomic mass is 9.94. The number of carbonyl (C=O) groups excluding carboxylic acids is 2. The summed E-state index contributed by atoms with van der Waals surface area (Å²) >= 11 is 0. The lowest BCUT2D eigenvalue weighted by Crippen LogP contribution is -2.31. The summed E-state index contributed by atoms with van der Waals surface area (Å²) in [7, 11) is 1.35. The second-order valence-corrected chi connectivity index (χ2v) is 6.93. The van der Waals surface area contributed by atoms with Crippen LogP contribution in [0.3, 0.4) is 0 Å². The summed E-state index contributed by atoms with van der Waals surface area (Å²) in [6.07, 6.45) is -0.372. The van der Waals surface area contributed by atoms with Gasteiger partial charge in [0.1, 0.15) is 5.76 Å². The van der Waals surface area contributed by atoms with E-state index in [9.17, 15) is 24.6 Å². The van der Waals surface area contributed by atoms with Crippen molar-refractivity contribution in [3.63, 3.8) is 0 Å². The van der Waals surface area contributed by atoms with E-state index in [-0.39, 0.29) is 35.8 Å². The number of hydrogen-bond acceptors (Lipinski definition) is 6. The Morgan fingerprint density at radius 3 is 2.37 bits per heavy atom. The van der Waals surface area contributed by atoms with E-state index in [4.69, 9.17) is 9.84 Å². The number of aliphatic carboxylic acids is 1. The van der Waals surface area contributed by atoms with Crippen molar-refractivity contribution in [2.75, 3.05) is 13.7 Å². The fourth-order valence-electron chi connectivity index (χ4n) is 3.40. The Morgan fingerprint density at radius 2 is 1.77 bits per heavy atom. The molecule has 0 saturated carbocycles. The molecule has 1 unspecified atom stereocenters. The van der Waals surface area contributed by atoms with Gasteiger partial charge in [0.2, 0.25) is 0 Å². The largest absolute Gasteiger partial charge is 0.507 e. The van der Waals surface area contributed by atoms with Crippen molar-refractivity contribution in [3.05, 3.63) is 64.7 Å². The number of amides is 1. The van der Waals surface area contributed by atoms with Crippen LogP contribution in [0.15, 0.2) is 48.0 Å². The molecule has 0 radical (unpaired) electrons. The number of nitrogens with zero attached hydrogens (tertiary/aromatic N) is 1. The monoisotopic (exact) mass is 411 g/mol. The molecule has 1 aliphatic rings. The van der Waals surface area contributed by atoms with E-state index < -0.39 is 23.7 Å². The number of carboxylic acids is 1. The number of benzene rings is 2. The van der Waals surface area contributed by atoms with Crippen LogP contribution in [0.1, 0.15) is 29.2 Å². The number of methoxy groups -OCH3 is 1. The molecule has 0 spiro atoms. The van der Waals surface area contributed by atoms with E-state index >= 15 is 0 Å². The van der Waals surface area contributed by atoms with E-state index in [1.165, 1.54) is 25.3 Å². The van der Waals surface area contributed by atoms with Gasteiger partial charge >= 0.3 is 5.97 Å². The predicted octanol–water partition coefficient (Wildman–Crippen LogP) is 2.61. The SMILES string of the molecule is COc1cc(C2/C(=C(/O)c3ccc(C)cc3)C(=O)C(=O)N2CCC(=O)O)ccc1O. The van der Waals surface area contributed by atoms with Gasteiger partial charge in [-0.3, -0.25) is 14.4 Å². The molecule has 1 atom stereocenters. The Hall–Kier alpha value is -3.81. The number of Topliss-reactive ketones (excluding diaryl/α,β-unsaturated/α-hetero) is 1. The van der Waals surface area contributed by atoms with Gasteiger partial charge in [0.15, 0.2) is 11.5 Å². The number of carbonyl (C=O) groups is 3. The Bertz CT molecular complexity index is 1040. The number of aliphatic hydroxyl groups excluding tert-OH is 1. The van der Waals surface area contributed by atoms with Crippen molar-refractivity contribution in [2.24, 2.45) is 0 Å². The normalized spacial score (nSPS) is 17.9. The van der Waals surface area contributed by atoms with Crippen LogP contribution in [0.4, 0.5) is 0 Å². The number of phenols is 1. The first-order valence-electron chi connectivity index (χ1n) is 9.18. The van der Waals surface area contributed by atoms with Crippen LogP contribution in [-0.2, 0) is 14.4 Å². The first-order chi connectivity index (χ1) is 14.2. The van der Waals surface area contributed by atoms with Gasteiger partial charge in [-0.1, -0.05) is 35.9 Å². The maximum Gasteiger partial charge on any atom is 0.305 e. The minimum absolute atomic E-state index is 0.117. The van der Waals surface area contributed by atoms with Crippen LogP contribution in [0.5, 0.6) is 11.5 Å². The van der Waals surface area contributed by atoms with E-state index in [1.807, 2.05) is 6.92 Å². The molecule has 156 valence electrons. The van der Waals surface area contributed by atoms with Crippen LogP contribution in [0.25, 0.3) is 5.76 Å². The molecule has 1 amide bonds. The molecule has 0 aromatic heterocycles. The van der Waals surface area contributed by atoms with Gasteiger partial charge in [-0.15, -0.1) is 0 Å². The molecule has 0 aliphatic carbocycles. The summed E-state index contributed by atoms with van der Waals surface area (Å²) in [5.41, 5.74) is 1.55. The van der Waals surface area contributed by atoms with Crippen molar-refractivity contribution in [3.8, 4) is 11.5 Å². The summed E-state index contributed by atoms with van der Waals surface area (Å²) in [4.78, 5) is 37.7. The zero-order valence-corrected chi connectivity index (χ0v) is 16.5. The standard InChI is InChI=1S/C22H21NO7/c1-12-3-5-13(6-4-12)20(27)18-19(14-7-8-15(24)16(11-14)30-2)23(10-9-17(25)26)22(29)21(18)28/h3-8,11,19,24,27H,9-10H2,1-2H3,(H,25,26)/b20-18-. The number of rotatable bonds is 6. The zero-order chi connectivity index (χ0) is 22.0. The average molecular weight is 411 g/mol. The second kappa shape index (κ2) is 8.28. The fraction of sp³-hybridized carbons (Fsp3) is 0.227. The van der Waals surface area contributed by atoms with E-state index in [0.29, 0.717) is 11.1 Å². The number of ketones is 1. The molecule has 0 bridgehead atoms. The molecular weight excluding hydrogens is 390 g/mol. The molecule has 3 N–H and O–H groups in total. The zero-order valence-electron chi connectivity index (χ0n) is 16.5. The second-order valence-electron chi connectivity index (χ2n) is 6.93. The Morgan fingerprint density at radius 1 is 1.10 bits per heavy atom. The predicted molar refractivity (Wildman–Crippen MR) is 107 cm³/mol. The van der Waals surface area contributed by atoms with Gasteiger partial charge in [-0.05, 0) is 24.6 Å². The van der Waals surface area contributed by atoms with Crippen LogP contribution in [0, 0.1) is 6.92 Å². The maximum atomic E-state index is 12.8. The molecular formula is C22H21NO7. The number of phenolic OH excluding ortho intramolecular Hbond substituents is 1. The first-order valence-corrected chi connectivity index (χ1v) is 9.18. The highest BCUT2D eigenvalue weighted by Crippen LogP contribution is 2.41. The van der Waals surface area contributed by atoms with Gasteiger partial charge in [-0.25, -0.2) is 0 Å². The van der Waals surface area contributed by atoms with Crippen LogP contribution >= 0.6 is 0 Å². The number of likely N-dealkylation sites (tertiary alicyclic amines) is 1. The number of hydrogen-bond donors (Lipinski definition) is 3. The number of ether oxygens (including phenoxy) is 1. The number of aryl methyl sites for hydroxylation is 1. The van der Waals surface area contributed by atoms with Crippen molar-refractivity contribution in [1.82, 2.24) is 4.90 Å². The molecule has 1 saturated heterocycles. The third-order valence-electron chi connectivity index (χ3n) is 4.95. The summed E-state index contributed by atoms with van der Waals surface area (Å²) in [5, 5.41) is 29.8. The van der Waals surface area contributed by atoms with Crippen molar-refractivity contribution >= 4 is 23.4 Å². The molecule has 8 nitrogen and oxygen atoms in total. The van der Waals surface area contributed by atoms with Gasteiger partial charge in [0.25, 0.3) is 11.7 Å². The van der Waals surface area contributed by atoms with E-state index in [0.717, 1.165) is 10.5 Å². The van der Waals surface area contributed by atoms with Crippen LogP contribution in [0.2, 0.25) is 0 Å². The molecule has 30 heavy (non-hydrogen) atoms. The van der Waals surface area contributed by atoms with Crippen molar-refractivity contribution in [2.45, 2.75) is 19.4 Å². The smallest absolute Gasteiger partial charge is 0.305 e. The Balaban J connectivity index is 2.18. The summed E-state index contributed by atoms with van der Waals surface area (Å²) in [6, 6.07) is 10.0. The van der Waals surface area contributed by atoms with Crippen molar-refractivity contribution in [1.29, 1.82) is 0 Å². The first kappa shape index (κ1) is 20.9. The van der Waals surface area contributed by atoms with Gasteiger partial charge in [-0.2, -0.15) is 0 Å². The Labute approximate surface area is 172 Å². The average Bonchev–Trinajstić information content (AvgIpc) is 2.97. The summed E-state index contributed by atoms with van der Waals surface area (Å²) < 4.78 is 5.11. The van der Waals surface area contributed by atoms with Gasteiger partial charge < -0.3 is 25.0 Å². The summed E-state index contributed by atoms with van der Waals surface area (Å²) in [5.74, 6) is -3.31. The minimum Gasteiger partial charge on any atom is -0.507 e. The highest BCUT2D eigenvalue weighted by Gasteiger charge is 2.46. The quantitative estimate of drug-likeness (QED) is 0.379. The molecule has 3 rings (SSSR count). The molecule has 1 fully saturated rings. The van der Waals surface area contributed by atoms with E-state index in [2.05, 4.69) is 0 Å². The molecule has 2 aromatic carbocycles.